The highest BCUT2D eigenvalue weighted by molar-refractivity contribution is 5.21. The molecule has 3 fully saturated rings. The third-order valence-corrected chi connectivity index (χ3v) is 7.43. The van der Waals surface area contributed by atoms with E-state index >= 15 is 0 Å². The zero-order valence-electron chi connectivity index (χ0n) is 13.2. The first-order valence-electron chi connectivity index (χ1n) is 8.09. The average Bonchev–Trinajstić information content (AvgIpc) is 2.72. The lowest BCUT2D eigenvalue weighted by atomic mass is 9.38. The van der Waals surface area contributed by atoms with Crippen LogP contribution in [0.15, 0.2) is 12.7 Å². The summed E-state index contributed by atoms with van der Waals surface area (Å²) in [5.74, 6) is 0.714. The fourth-order valence-electron chi connectivity index (χ4n) is 6.34. The molecule has 108 valence electrons. The van der Waals surface area contributed by atoms with Gasteiger partial charge in [-0.1, -0.05) is 33.3 Å². The van der Waals surface area contributed by atoms with Crippen LogP contribution in [0.25, 0.3) is 0 Å². The van der Waals surface area contributed by atoms with E-state index < -0.39 is 0 Å². The van der Waals surface area contributed by atoms with Gasteiger partial charge >= 0.3 is 0 Å². The van der Waals surface area contributed by atoms with E-state index in [0.717, 1.165) is 6.61 Å². The molecule has 0 bridgehead atoms. The summed E-state index contributed by atoms with van der Waals surface area (Å²) >= 11 is 0. The Kier molecular flexibility index (Phi) is 2.79. The minimum atomic E-state index is 0.134. The molecule has 0 radical (unpaired) electrons. The summed E-state index contributed by atoms with van der Waals surface area (Å²) < 4.78 is 6.18. The van der Waals surface area contributed by atoms with Crippen molar-refractivity contribution in [2.75, 3.05) is 6.61 Å². The van der Waals surface area contributed by atoms with Gasteiger partial charge < -0.3 is 4.74 Å². The van der Waals surface area contributed by atoms with Gasteiger partial charge in [0.15, 0.2) is 0 Å². The molecule has 1 aliphatic heterocycles. The van der Waals surface area contributed by atoms with Crippen LogP contribution in [0, 0.1) is 22.2 Å². The Hall–Kier alpha value is -0.300. The molecule has 1 saturated heterocycles. The second kappa shape index (κ2) is 3.87. The van der Waals surface area contributed by atoms with Gasteiger partial charge in [-0.05, 0) is 61.2 Å². The summed E-state index contributed by atoms with van der Waals surface area (Å²) in [6.45, 7) is 15.1. The number of hydrogen-bond donors (Lipinski definition) is 0. The van der Waals surface area contributed by atoms with Crippen molar-refractivity contribution >= 4 is 0 Å². The SMILES string of the molecule is C=C[C@@]12CC[C@]3(C)OCC[C@@H]3C1(C)CCCC2(C)C. The molecule has 0 spiro atoms. The quantitative estimate of drug-likeness (QED) is 0.607. The number of ether oxygens (including phenoxy) is 1. The molecular formula is C18H30O. The molecule has 3 rings (SSSR count). The van der Waals surface area contributed by atoms with Crippen molar-refractivity contribution in [2.24, 2.45) is 22.2 Å². The Morgan fingerprint density at radius 3 is 2.47 bits per heavy atom. The van der Waals surface area contributed by atoms with Gasteiger partial charge in [-0.2, -0.15) is 0 Å². The zero-order valence-corrected chi connectivity index (χ0v) is 13.2. The molecule has 2 aliphatic carbocycles. The van der Waals surface area contributed by atoms with Gasteiger partial charge in [0.25, 0.3) is 0 Å². The van der Waals surface area contributed by atoms with E-state index in [0.29, 0.717) is 22.2 Å². The van der Waals surface area contributed by atoms with Gasteiger partial charge in [0.2, 0.25) is 0 Å². The topological polar surface area (TPSA) is 9.23 Å². The minimum Gasteiger partial charge on any atom is -0.375 e. The highest BCUT2D eigenvalue weighted by Crippen LogP contribution is 2.71. The smallest absolute Gasteiger partial charge is 0.0689 e. The van der Waals surface area contributed by atoms with E-state index in [1.165, 1.54) is 38.5 Å². The van der Waals surface area contributed by atoms with Crippen LogP contribution >= 0.6 is 0 Å². The van der Waals surface area contributed by atoms with E-state index in [9.17, 15) is 0 Å². The van der Waals surface area contributed by atoms with E-state index in [2.05, 4.69) is 40.3 Å². The van der Waals surface area contributed by atoms with Gasteiger partial charge in [-0.3, -0.25) is 0 Å². The molecule has 0 N–H and O–H groups in total. The largest absolute Gasteiger partial charge is 0.375 e. The van der Waals surface area contributed by atoms with Crippen LogP contribution < -0.4 is 0 Å². The van der Waals surface area contributed by atoms with E-state index in [1.807, 2.05) is 0 Å². The molecular weight excluding hydrogens is 232 g/mol. The van der Waals surface area contributed by atoms with Crippen molar-refractivity contribution in [3.8, 4) is 0 Å². The summed E-state index contributed by atoms with van der Waals surface area (Å²) in [6, 6.07) is 0. The molecule has 1 unspecified atom stereocenters. The van der Waals surface area contributed by atoms with Crippen molar-refractivity contribution in [1.82, 2.24) is 0 Å². The van der Waals surface area contributed by atoms with Gasteiger partial charge in [0, 0.05) is 6.61 Å². The first-order valence-corrected chi connectivity index (χ1v) is 8.09. The van der Waals surface area contributed by atoms with Crippen LogP contribution in [-0.4, -0.2) is 12.2 Å². The zero-order chi connectivity index (χ0) is 13.9. The number of allylic oxidation sites excluding steroid dienone is 1. The summed E-state index contributed by atoms with van der Waals surface area (Å²) in [4.78, 5) is 0. The van der Waals surface area contributed by atoms with Gasteiger partial charge in [0.05, 0.1) is 5.60 Å². The summed E-state index contributed by atoms with van der Waals surface area (Å²) in [5.41, 5.74) is 1.19. The van der Waals surface area contributed by atoms with Crippen LogP contribution in [0.2, 0.25) is 0 Å². The molecule has 4 atom stereocenters. The number of hydrogen-bond acceptors (Lipinski definition) is 1. The molecule has 0 amide bonds. The predicted molar refractivity (Wildman–Crippen MR) is 80.1 cm³/mol. The molecule has 19 heavy (non-hydrogen) atoms. The third-order valence-electron chi connectivity index (χ3n) is 7.43. The lowest BCUT2D eigenvalue weighted by Crippen LogP contribution is -2.62. The van der Waals surface area contributed by atoms with Crippen LogP contribution in [0.4, 0.5) is 0 Å². The summed E-state index contributed by atoms with van der Waals surface area (Å²) in [7, 11) is 0. The number of rotatable bonds is 1. The predicted octanol–water partition coefficient (Wildman–Crippen LogP) is 4.96. The van der Waals surface area contributed by atoms with Crippen molar-refractivity contribution in [3.05, 3.63) is 12.7 Å². The van der Waals surface area contributed by atoms with Crippen molar-refractivity contribution < 1.29 is 4.74 Å². The molecule has 1 heteroatoms. The van der Waals surface area contributed by atoms with Crippen molar-refractivity contribution in [1.29, 1.82) is 0 Å². The normalized spacial score (nSPS) is 52.3. The molecule has 0 aromatic heterocycles. The Balaban J connectivity index is 2.12. The van der Waals surface area contributed by atoms with Crippen LogP contribution in [-0.2, 0) is 4.74 Å². The molecule has 3 aliphatic rings. The maximum Gasteiger partial charge on any atom is 0.0689 e. The Morgan fingerprint density at radius 1 is 1.05 bits per heavy atom. The van der Waals surface area contributed by atoms with Gasteiger partial charge in [0.1, 0.15) is 0 Å². The summed E-state index contributed by atoms with van der Waals surface area (Å²) in [6.07, 6.45) is 10.1. The van der Waals surface area contributed by atoms with E-state index in [1.54, 1.807) is 0 Å². The second-order valence-corrected chi connectivity index (χ2v) is 8.33. The monoisotopic (exact) mass is 262 g/mol. The van der Waals surface area contributed by atoms with Crippen LogP contribution in [0.3, 0.4) is 0 Å². The first kappa shape index (κ1) is 13.7. The van der Waals surface area contributed by atoms with Crippen molar-refractivity contribution in [2.45, 2.75) is 71.8 Å². The molecule has 2 saturated carbocycles. The third kappa shape index (κ3) is 1.46. The lowest BCUT2D eigenvalue weighted by Gasteiger charge is -2.67. The highest BCUT2D eigenvalue weighted by atomic mass is 16.5. The highest BCUT2D eigenvalue weighted by Gasteiger charge is 2.66. The molecule has 1 nitrogen and oxygen atoms in total. The maximum absolute atomic E-state index is 6.18. The summed E-state index contributed by atoms with van der Waals surface area (Å²) in [5, 5.41) is 0. The number of fused-ring (bicyclic) bond motifs is 3. The van der Waals surface area contributed by atoms with E-state index in [4.69, 9.17) is 4.74 Å². The van der Waals surface area contributed by atoms with Crippen molar-refractivity contribution in [3.63, 3.8) is 0 Å². The first-order chi connectivity index (χ1) is 8.81. The Labute approximate surface area is 118 Å². The second-order valence-electron chi connectivity index (χ2n) is 8.33. The fraction of sp³-hybridized carbons (Fsp3) is 0.889. The fourth-order valence-corrected chi connectivity index (χ4v) is 6.34. The average molecular weight is 262 g/mol. The molecule has 1 heterocycles. The van der Waals surface area contributed by atoms with E-state index in [-0.39, 0.29) is 5.60 Å². The Morgan fingerprint density at radius 2 is 1.79 bits per heavy atom. The van der Waals surface area contributed by atoms with Crippen LogP contribution in [0.5, 0.6) is 0 Å². The molecule has 0 aromatic carbocycles. The lowest BCUT2D eigenvalue weighted by molar-refractivity contribution is -0.185. The Bertz CT molecular complexity index is 398. The van der Waals surface area contributed by atoms with Crippen LogP contribution in [0.1, 0.15) is 66.2 Å². The van der Waals surface area contributed by atoms with Gasteiger partial charge in [-0.15, -0.1) is 6.58 Å². The standard InChI is InChI=1S/C18H30O/c1-6-18-12-11-17(5)14(8-13-19-17)16(18,4)10-7-9-15(18,2)3/h6,14H,1,7-13H2,2-5H3/t14-,16?,17+,18+/m1/s1. The van der Waals surface area contributed by atoms with Gasteiger partial charge in [-0.25, -0.2) is 0 Å². The minimum absolute atomic E-state index is 0.134. The molecule has 0 aromatic rings. The maximum atomic E-state index is 6.18.